The zero-order valence-electron chi connectivity index (χ0n) is 13.3. The van der Waals surface area contributed by atoms with Crippen LogP contribution < -0.4 is 4.74 Å². The second-order valence-electron chi connectivity index (χ2n) is 5.32. The molecule has 1 unspecified atom stereocenters. The minimum atomic E-state index is -0.147. The van der Waals surface area contributed by atoms with Crippen molar-refractivity contribution in [3.63, 3.8) is 0 Å². The molecule has 0 radical (unpaired) electrons. The number of carbonyl (C=O) groups is 1. The van der Waals surface area contributed by atoms with Gasteiger partial charge in [0.2, 0.25) is 5.78 Å². The quantitative estimate of drug-likeness (QED) is 0.743. The van der Waals surface area contributed by atoms with Gasteiger partial charge in [-0.15, -0.1) is 0 Å². The number of carbonyl (C=O) groups excluding carboxylic acids is 1. The predicted octanol–water partition coefficient (Wildman–Crippen LogP) is 2.57. The van der Waals surface area contributed by atoms with Crippen LogP contribution in [-0.4, -0.2) is 39.3 Å². The van der Waals surface area contributed by atoms with Crippen LogP contribution in [0.4, 0.5) is 0 Å². The van der Waals surface area contributed by atoms with Gasteiger partial charge in [-0.05, 0) is 30.7 Å². The van der Waals surface area contributed by atoms with E-state index in [1.807, 2.05) is 37.4 Å². The summed E-state index contributed by atoms with van der Waals surface area (Å²) in [7, 11) is 3.40. The highest BCUT2D eigenvalue weighted by atomic mass is 16.5. The van der Waals surface area contributed by atoms with E-state index >= 15 is 0 Å². The predicted molar refractivity (Wildman–Crippen MR) is 86.5 cm³/mol. The molecule has 0 fully saturated rings. The molecule has 0 bridgehead atoms. The largest absolute Gasteiger partial charge is 0.497 e. The number of methoxy groups -OCH3 is 1. The number of hydrogen-bond acceptors (Lipinski definition) is 4. The van der Waals surface area contributed by atoms with Crippen molar-refractivity contribution in [2.75, 3.05) is 14.2 Å². The van der Waals surface area contributed by atoms with E-state index in [2.05, 4.69) is 9.97 Å². The molecule has 1 aromatic carbocycles. The van der Waals surface area contributed by atoms with Gasteiger partial charge in [0.05, 0.1) is 13.2 Å². The summed E-state index contributed by atoms with van der Waals surface area (Å²) in [5, 5.41) is 0. The maximum atomic E-state index is 12.7. The average molecular weight is 310 g/mol. The first-order valence-corrected chi connectivity index (χ1v) is 7.31. The van der Waals surface area contributed by atoms with Gasteiger partial charge in [0.1, 0.15) is 11.4 Å². The van der Waals surface area contributed by atoms with E-state index in [1.54, 1.807) is 41.9 Å². The molecule has 3 aromatic rings. The normalized spacial score (nSPS) is 12.1. The van der Waals surface area contributed by atoms with Crippen LogP contribution in [0.25, 0.3) is 5.78 Å². The minimum Gasteiger partial charge on any atom is -0.497 e. The molecule has 0 aliphatic rings. The summed E-state index contributed by atoms with van der Waals surface area (Å²) in [6.07, 6.45) is 5.16. The monoisotopic (exact) mass is 310 g/mol. The summed E-state index contributed by atoms with van der Waals surface area (Å²) >= 11 is 0. The standard InChI is InChI=1S/C17H18N4O2/c1-12(13-6-4-7-14(10-13)23-3)20(2)16(22)15-11-21-9-5-8-18-17(21)19-15/h4-12H,1-3H3. The van der Waals surface area contributed by atoms with E-state index in [-0.39, 0.29) is 11.9 Å². The van der Waals surface area contributed by atoms with Gasteiger partial charge in [-0.25, -0.2) is 9.97 Å². The number of imidazole rings is 1. The van der Waals surface area contributed by atoms with Crippen LogP contribution in [0, 0.1) is 0 Å². The fraction of sp³-hybridized carbons (Fsp3) is 0.235. The van der Waals surface area contributed by atoms with E-state index in [9.17, 15) is 4.79 Å². The third kappa shape index (κ3) is 2.88. The molecule has 23 heavy (non-hydrogen) atoms. The summed E-state index contributed by atoms with van der Waals surface area (Å²) in [5.74, 6) is 1.14. The van der Waals surface area contributed by atoms with E-state index in [1.165, 1.54) is 0 Å². The molecule has 0 saturated carbocycles. The molecule has 0 spiro atoms. The van der Waals surface area contributed by atoms with Gasteiger partial charge in [0.15, 0.2) is 0 Å². The highest BCUT2D eigenvalue weighted by Crippen LogP contribution is 2.24. The second kappa shape index (κ2) is 6.08. The molecule has 0 saturated heterocycles. The Labute approximate surface area is 134 Å². The number of ether oxygens (including phenoxy) is 1. The van der Waals surface area contributed by atoms with E-state index in [0.29, 0.717) is 11.5 Å². The number of amides is 1. The molecular weight excluding hydrogens is 292 g/mol. The molecular formula is C17H18N4O2. The van der Waals surface area contributed by atoms with Gasteiger partial charge in [0, 0.05) is 25.6 Å². The number of fused-ring (bicyclic) bond motifs is 1. The molecule has 6 nitrogen and oxygen atoms in total. The smallest absolute Gasteiger partial charge is 0.274 e. The molecule has 1 amide bonds. The Kier molecular flexibility index (Phi) is 3.97. The molecule has 0 aliphatic heterocycles. The number of hydrogen-bond donors (Lipinski definition) is 0. The van der Waals surface area contributed by atoms with Crippen molar-refractivity contribution >= 4 is 11.7 Å². The maximum Gasteiger partial charge on any atom is 0.274 e. The van der Waals surface area contributed by atoms with Gasteiger partial charge < -0.3 is 9.64 Å². The average Bonchev–Trinajstić information content (AvgIpc) is 3.04. The van der Waals surface area contributed by atoms with Crippen molar-refractivity contribution < 1.29 is 9.53 Å². The van der Waals surface area contributed by atoms with Crippen LogP contribution in [0.2, 0.25) is 0 Å². The molecule has 118 valence electrons. The van der Waals surface area contributed by atoms with Crippen molar-refractivity contribution in [2.24, 2.45) is 0 Å². The van der Waals surface area contributed by atoms with Gasteiger partial charge in [0.25, 0.3) is 5.91 Å². The van der Waals surface area contributed by atoms with Crippen LogP contribution in [0.3, 0.4) is 0 Å². The fourth-order valence-electron chi connectivity index (χ4n) is 2.41. The lowest BCUT2D eigenvalue weighted by Gasteiger charge is -2.24. The zero-order chi connectivity index (χ0) is 16.4. The molecule has 6 heteroatoms. The summed E-state index contributed by atoms with van der Waals surface area (Å²) in [6.45, 7) is 1.97. The number of nitrogens with zero attached hydrogens (tertiary/aromatic N) is 4. The first kappa shape index (κ1) is 15.0. The van der Waals surface area contributed by atoms with Crippen LogP contribution in [0.15, 0.2) is 48.9 Å². The van der Waals surface area contributed by atoms with E-state index < -0.39 is 0 Å². The van der Waals surface area contributed by atoms with Gasteiger partial charge in [-0.3, -0.25) is 9.20 Å². The Balaban J connectivity index is 1.85. The molecule has 0 aliphatic carbocycles. The Hall–Kier alpha value is -2.89. The van der Waals surface area contributed by atoms with Crippen LogP contribution in [0.1, 0.15) is 29.0 Å². The topological polar surface area (TPSA) is 59.7 Å². The molecule has 1 atom stereocenters. The second-order valence-corrected chi connectivity index (χ2v) is 5.32. The zero-order valence-corrected chi connectivity index (χ0v) is 13.3. The van der Waals surface area contributed by atoms with E-state index in [4.69, 9.17) is 4.74 Å². The Morgan fingerprint density at radius 1 is 1.35 bits per heavy atom. The van der Waals surface area contributed by atoms with Crippen LogP contribution in [-0.2, 0) is 0 Å². The Bertz CT molecular complexity index is 810. The van der Waals surface area contributed by atoms with Crippen molar-refractivity contribution in [1.82, 2.24) is 19.3 Å². The first-order valence-electron chi connectivity index (χ1n) is 7.31. The lowest BCUT2D eigenvalue weighted by atomic mass is 10.1. The van der Waals surface area contributed by atoms with Crippen LogP contribution >= 0.6 is 0 Å². The lowest BCUT2D eigenvalue weighted by molar-refractivity contribution is 0.0737. The van der Waals surface area contributed by atoms with E-state index in [0.717, 1.165) is 11.3 Å². The number of aromatic nitrogens is 3. The number of rotatable bonds is 4. The maximum absolute atomic E-state index is 12.7. The van der Waals surface area contributed by atoms with Gasteiger partial charge >= 0.3 is 0 Å². The van der Waals surface area contributed by atoms with Crippen molar-refractivity contribution in [1.29, 1.82) is 0 Å². The first-order chi connectivity index (χ1) is 11.1. The SMILES string of the molecule is COc1cccc(C(C)N(C)C(=O)c2cn3cccnc3n2)c1. The summed E-state index contributed by atoms with van der Waals surface area (Å²) < 4.78 is 6.98. The highest BCUT2D eigenvalue weighted by Gasteiger charge is 2.21. The van der Waals surface area contributed by atoms with Crippen molar-refractivity contribution in [2.45, 2.75) is 13.0 Å². The molecule has 2 heterocycles. The van der Waals surface area contributed by atoms with Gasteiger partial charge in [-0.2, -0.15) is 0 Å². The Morgan fingerprint density at radius 3 is 2.91 bits per heavy atom. The third-order valence-electron chi connectivity index (χ3n) is 3.93. The van der Waals surface area contributed by atoms with Crippen molar-refractivity contribution in [3.05, 3.63) is 60.2 Å². The molecule has 3 rings (SSSR count). The molecule has 0 N–H and O–H groups in total. The summed E-state index contributed by atoms with van der Waals surface area (Å²) in [6, 6.07) is 9.40. The minimum absolute atomic E-state index is 0.102. The van der Waals surface area contributed by atoms with Gasteiger partial charge in [-0.1, -0.05) is 12.1 Å². The summed E-state index contributed by atoms with van der Waals surface area (Å²) in [5.41, 5.74) is 1.38. The van der Waals surface area contributed by atoms with Crippen LogP contribution in [0.5, 0.6) is 5.75 Å². The Morgan fingerprint density at radius 2 is 2.17 bits per heavy atom. The number of benzene rings is 1. The third-order valence-corrected chi connectivity index (χ3v) is 3.93. The summed E-state index contributed by atoms with van der Waals surface area (Å²) in [4.78, 5) is 22.8. The highest BCUT2D eigenvalue weighted by molar-refractivity contribution is 5.92. The fourth-order valence-corrected chi connectivity index (χ4v) is 2.41. The van der Waals surface area contributed by atoms with Crippen molar-refractivity contribution in [3.8, 4) is 5.75 Å². The lowest BCUT2D eigenvalue weighted by Crippen LogP contribution is -2.29. The molecule has 2 aromatic heterocycles.